The van der Waals surface area contributed by atoms with Gasteiger partial charge in [-0.25, -0.2) is 0 Å². The number of rotatable bonds is 8. The third kappa shape index (κ3) is 5.29. The smallest absolute Gasteiger partial charge is 0.489 e. The van der Waals surface area contributed by atoms with E-state index < -0.39 is 24.3 Å². The molecule has 166 valence electrons. The minimum Gasteiger partial charge on any atom is -0.489 e. The molecular formula is C24H31BO6. The highest BCUT2D eigenvalue weighted by atomic mass is 16.7. The lowest BCUT2D eigenvalue weighted by atomic mass is 9.77. The van der Waals surface area contributed by atoms with E-state index in [2.05, 4.69) is 0 Å². The van der Waals surface area contributed by atoms with Crippen molar-refractivity contribution in [1.82, 2.24) is 0 Å². The van der Waals surface area contributed by atoms with E-state index in [-0.39, 0.29) is 19.1 Å². The van der Waals surface area contributed by atoms with Crippen LogP contribution in [0.4, 0.5) is 0 Å². The molecule has 1 aliphatic heterocycles. The van der Waals surface area contributed by atoms with Gasteiger partial charge in [0.25, 0.3) is 0 Å². The van der Waals surface area contributed by atoms with Gasteiger partial charge in [-0.1, -0.05) is 30.3 Å². The van der Waals surface area contributed by atoms with Crippen LogP contribution in [0.15, 0.2) is 42.5 Å². The van der Waals surface area contributed by atoms with Crippen molar-refractivity contribution in [3.8, 4) is 5.75 Å². The minimum atomic E-state index is -0.894. The molecule has 0 saturated carbocycles. The van der Waals surface area contributed by atoms with E-state index in [1.807, 2.05) is 65.0 Å². The molecule has 3 rings (SSSR count). The molecular weight excluding hydrogens is 395 g/mol. The van der Waals surface area contributed by atoms with E-state index in [4.69, 9.17) is 23.9 Å². The molecule has 31 heavy (non-hydrogen) atoms. The Balaban J connectivity index is 1.88. The van der Waals surface area contributed by atoms with Gasteiger partial charge < -0.3 is 23.9 Å². The molecule has 0 bridgehead atoms. The fraction of sp³-hybridized carbons (Fsp3) is 0.458. The van der Waals surface area contributed by atoms with Gasteiger partial charge in [0.2, 0.25) is 0 Å². The number of methoxy groups -OCH3 is 1. The first-order chi connectivity index (χ1) is 14.5. The van der Waals surface area contributed by atoms with Gasteiger partial charge in [-0.2, -0.15) is 0 Å². The predicted octanol–water partition coefficient (Wildman–Crippen LogP) is 3.90. The highest BCUT2D eigenvalue weighted by molar-refractivity contribution is 6.62. The number of aliphatic carboxylic acids is 1. The van der Waals surface area contributed by atoms with Gasteiger partial charge in [0, 0.05) is 12.7 Å². The molecule has 0 aliphatic carbocycles. The molecule has 1 aliphatic rings. The zero-order valence-corrected chi connectivity index (χ0v) is 19.1. The Morgan fingerprint density at radius 1 is 1.10 bits per heavy atom. The summed E-state index contributed by atoms with van der Waals surface area (Å²) < 4.78 is 24.0. The third-order valence-electron chi connectivity index (χ3n) is 6.09. The Morgan fingerprint density at radius 3 is 2.35 bits per heavy atom. The van der Waals surface area contributed by atoms with E-state index in [0.717, 1.165) is 16.6 Å². The molecule has 0 aromatic heterocycles. The van der Waals surface area contributed by atoms with E-state index in [9.17, 15) is 4.79 Å². The van der Waals surface area contributed by atoms with Gasteiger partial charge in [-0.15, -0.1) is 0 Å². The summed E-state index contributed by atoms with van der Waals surface area (Å²) in [4.78, 5) is 11.1. The molecule has 1 heterocycles. The molecule has 0 amide bonds. The van der Waals surface area contributed by atoms with Crippen molar-refractivity contribution < 1.29 is 28.7 Å². The number of carboxylic acids is 1. The van der Waals surface area contributed by atoms with Gasteiger partial charge in [-0.3, -0.25) is 4.79 Å². The summed E-state index contributed by atoms with van der Waals surface area (Å²) in [5.74, 6) is -0.331. The van der Waals surface area contributed by atoms with Crippen molar-refractivity contribution in [2.24, 2.45) is 0 Å². The zero-order valence-electron chi connectivity index (χ0n) is 19.1. The highest BCUT2D eigenvalue weighted by Crippen LogP contribution is 2.36. The fourth-order valence-electron chi connectivity index (χ4n) is 3.43. The number of benzene rings is 2. The summed E-state index contributed by atoms with van der Waals surface area (Å²) in [5, 5.41) is 9.15. The first-order valence-corrected chi connectivity index (χ1v) is 10.5. The average Bonchev–Trinajstić information content (AvgIpc) is 2.93. The second-order valence-corrected chi connectivity index (χ2v) is 8.94. The second-order valence-electron chi connectivity index (χ2n) is 8.94. The normalized spacial score (nSPS) is 18.1. The average molecular weight is 426 g/mol. The van der Waals surface area contributed by atoms with Crippen LogP contribution in [-0.4, -0.2) is 36.5 Å². The number of para-hydroxylation sites is 1. The first-order valence-electron chi connectivity index (χ1n) is 10.5. The van der Waals surface area contributed by atoms with Gasteiger partial charge in [0.15, 0.2) is 0 Å². The van der Waals surface area contributed by atoms with Gasteiger partial charge in [0.1, 0.15) is 12.4 Å². The number of ether oxygens (including phenoxy) is 2. The van der Waals surface area contributed by atoms with Crippen LogP contribution >= 0.6 is 0 Å². The van der Waals surface area contributed by atoms with Gasteiger partial charge >= 0.3 is 13.1 Å². The van der Waals surface area contributed by atoms with E-state index >= 15 is 0 Å². The van der Waals surface area contributed by atoms with Gasteiger partial charge in [-0.05, 0) is 63.3 Å². The predicted molar refractivity (Wildman–Crippen MR) is 120 cm³/mol. The van der Waals surface area contributed by atoms with Crippen LogP contribution in [0.25, 0.3) is 0 Å². The molecule has 1 atom stereocenters. The number of carbonyl (C=O) groups is 1. The Bertz CT molecular complexity index is 923. The standard InChI is InChI=1S/C24H31BO6/c1-16(28-6)19-11-17(15-29-21-10-8-7-9-18(21)14-22(26)27)12-20(13-19)25-30-23(2,3)24(4,5)31-25/h7-13,16H,14-15H2,1-6H3,(H,26,27). The molecule has 1 saturated heterocycles. The third-order valence-corrected chi connectivity index (χ3v) is 6.09. The summed E-state index contributed by atoms with van der Waals surface area (Å²) in [6.45, 7) is 10.4. The Hall–Kier alpha value is -2.35. The SMILES string of the molecule is COC(C)c1cc(COc2ccccc2CC(=O)O)cc(B2OC(C)(C)C(C)(C)O2)c1. The Morgan fingerprint density at radius 2 is 1.74 bits per heavy atom. The van der Waals surface area contributed by atoms with Crippen molar-refractivity contribution in [1.29, 1.82) is 0 Å². The van der Waals surface area contributed by atoms with E-state index in [0.29, 0.717) is 11.3 Å². The maximum absolute atomic E-state index is 11.1. The molecule has 1 N–H and O–H groups in total. The van der Waals surface area contributed by atoms with Crippen LogP contribution < -0.4 is 10.2 Å². The van der Waals surface area contributed by atoms with Crippen LogP contribution in [0, 0.1) is 0 Å². The van der Waals surface area contributed by atoms with Crippen LogP contribution in [0.3, 0.4) is 0 Å². The maximum atomic E-state index is 11.1. The minimum absolute atomic E-state index is 0.0872. The van der Waals surface area contributed by atoms with Crippen LogP contribution in [0.5, 0.6) is 5.75 Å². The van der Waals surface area contributed by atoms with Crippen LogP contribution in [0.1, 0.15) is 57.4 Å². The monoisotopic (exact) mass is 426 g/mol. The van der Waals surface area contributed by atoms with Crippen molar-refractivity contribution in [2.75, 3.05) is 7.11 Å². The summed E-state index contributed by atoms with van der Waals surface area (Å²) in [7, 11) is 1.18. The highest BCUT2D eigenvalue weighted by Gasteiger charge is 2.51. The first kappa shape index (κ1) is 23.3. The van der Waals surface area contributed by atoms with Crippen molar-refractivity contribution in [3.05, 3.63) is 59.2 Å². The topological polar surface area (TPSA) is 74.2 Å². The maximum Gasteiger partial charge on any atom is 0.494 e. The number of hydrogen-bond acceptors (Lipinski definition) is 5. The summed E-state index contributed by atoms with van der Waals surface area (Å²) in [5.41, 5.74) is 2.59. The summed E-state index contributed by atoms with van der Waals surface area (Å²) >= 11 is 0. The largest absolute Gasteiger partial charge is 0.494 e. The van der Waals surface area contributed by atoms with E-state index in [1.165, 1.54) is 0 Å². The van der Waals surface area contributed by atoms with Crippen molar-refractivity contribution in [2.45, 2.75) is 65.0 Å². The fourth-order valence-corrected chi connectivity index (χ4v) is 3.43. The zero-order chi connectivity index (χ0) is 22.8. The summed E-state index contributed by atoms with van der Waals surface area (Å²) in [6, 6.07) is 13.3. The lowest BCUT2D eigenvalue weighted by molar-refractivity contribution is -0.136. The Labute approximate surface area is 184 Å². The molecule has 7 heteroatoms. The molecule has 6 nitrogen and oxygen atoms in total. The van der Waals surface area contributed by atoms with Crippen molar-refractivity contribution in [3.63, 3.8) is 0 Å². The molecule has 0 spiro atoms. The van der Waals surface area contributed by atoms with Crippen LogP contribution in [0.2, 0.25) is 0 Å². The molecule has 2 aromatic carbocycles. The molecule has 1 fully saturated rings. The lowest BCUT2D eigenvalue weighted by Gasteiger charge is -2.32. The summed E-state index contributed by atoms with van der Waals surface area (Å²) in [6.07, 6.45) is -0.198. The quantitative estimate of drug-likeness (QED) is 0.646. The number of carboxylic acid groups (broad SMARTS) is 1. The lowest BCUT2D eigenvalue weighted by Crippen LogP contribution is -2.41. The van der Waals surface area contributed by atoms with Crippen LogP contribution in [-0.2, 0) is 31.9 Å². The number of hydrogen-bond donors (Lipinski definition) is 1. The molecule has 1 unspecified atom stereocenters. The van der Waals surface area contributed by atoms with Crippen molar-refractivity contribution >= 4 is 18.6 Å². The van der Waals surface area contributed by atoms with E-state index in [1.54, 1.807) is 19.2 Å². The second kappa shape index (κ2) is 9.03. The Kier molecular flexibility index (Phi) is 6.79. The molecule has 0 radical (unpaired) electrons. The molecule has 2 aromatic rings. The van der Waals surface area contributed by atoms with Gasteiger partial charge in [0.05, 0.1) is 23.7 Å².